The smallest absolute Gasteiger partial charge is 0.0736 e. The van der Waals surface area contributed by atoms with Crippen molar-refractivity contribution in [3.63, 3.8) is 0 Å². The molecule has 1 saturated carbocycles. The predicted molar refractivity (Wildman–Crippen MR) is 55.1 cm³/mol. The molecule has 74 valence electrons. The van der Waals surface area contributed by atoms with Gasteiger partial charge in [-0.2, -0.15) is 0 Å². The van der Waals surface area contributed by atoms with E-state index in [4.69, 9.17) is 10.5 Å². The summed E-state index contributed by atoms with van der Waals surface area (Å²) in [4.78, 5) is 0. The highest BCUT2D eigenvalue weighted by Gasteiger charge is 2.51. The van der Waals surface area contributed by atoms with E-state index in [1.54, 1.807) is 0 Å². The van der Waals surface area contributed by atoms with Gasteiger partial charge in [-0.3, -0.25) is 0 Å². The summed E-state index contributed by atoms with van der Waals surface area (Å²) in [5, 5.41) is 0. The molecule has 2 bridgehead atoms. The molecule has 14 heavy (non-hydrogen) atoms. The van der Waals surface area contributed by atoms with E-state index in [-0.39, 0.29) is 11.5 Å². The molecule has 2 aliphatic rings. The lowest BCUT2D eigenvalue weighted by Gasteiger charge is -2.28. The van der Waals surface area contributed by atoms with Crippen LogP contribution in [0.1, 0.15) is 18.4 Å². The van der Waals surface area contributed by atoms with Gasteiger partial charge < -0.3 is 10.5 Å². The summed E-state index contributed by atoms with van der Waals surface area (Å²) in [6, 6.07) is 10.9. The lowest BCUT2D eigenvalue weighted by molar-refractivity contribution is 0.0551. The number of benzene rings is 1. The number of rotatable bonds is 1. The average molecular weight is 189 g/mol. The van der Waals surface area contributed by atoms with Crippen molar-refractivity contribution in [2.24, 2.45) is 5.73 Å². The monoisotopic (exact) mass is 189 g/mol. The minimum absolute atomic E-state index is 0.228. The first kappa shape index (κ1) is 8.45. The maximum Gasteiger partial charge on any atom is 0.0736 e. The summed E-state index contributed by atoms with van der Waals surface area (Å²) in [5.41, 5.74) is 7.64. The van der Waals surface area contributed by atoms with E-state index < -0.39 is 0 Å². The van der Waals surface area contributed by atoms with Crippen LogP contribution < -0.4 is 5.73 Å². The molecule has 1 saturated heterocycles. The summed E-state index contributed by atoms with van der Waals surface area (Å²) in [5.74, 6) is 0. The highest BCUT2D eigenvalue weighted by Crippen LogP contribution is 2.47. The third-order valence-electron chi connectivity index (χ3n) is 3.66. The van der Waals surface area contributed by atoms with Crippen LogP contribution >= 0.6 is 0 Å². The molecule has 1 aromatic rings. The van der Waals surface area contributed by atoms with E-state index in [2.05, 4.69) is 30.3 Å². The van der Waals surface area contributed by atoms with Gasteiger partial charge in [0.25, 0.3) is 0 Å². The third-order valence-corrected chi connectivity index (χ3v) is 3.66. The number of hydrogen-bond acceptors (Lipinski definition) is 2. The first-order valence-electron chi connectivity index (χ1n) is 5.23. The van der Waals surface area contributed by atoms with Crippen LogP contribution in [-0.2, 0) is 10.2 Å². The Kier molecular flexibility index (Phi) is 1.70. The second-order valence-corrected chi connectivity index (χ2v) is 4.57. The van der Waals surface area contributed by atoms with E-state index in [0.29, 0.717) is 6.10 Å². The van der Waals surface area contributed by atoms with Crippen molar-refractivity contribution in [2.75, 3.05) is 6.61 Å². The molecule has 2 fully saturated rings. The zero-order valence-electron chi connectivity index (χ0n) is 8.15. The molecule has 0 amide bonds. The predicted octanol–water partition coefficient (Wildman–Crippen LogP) is 1.44. The normalized spacial score (nSPS) is 40.4. The Hall–Kier alpha value is -0.860. The standard InChI is InChI=1S/C12H15NO/c13-10-6-12(7-11(10)14-8-12)9-4-2-1-3-5-9/h1-5,10-11H,6-8,13H2/t10-,11-,12+/m1/s1. The highest BCUT2D eigenvalue weighted by molar-refractivity contribution is 5.30. The van der Waals surface area contributed by atoms with Crippen LogP contribution in [-0.4, -0.2) is 18.8 Å². The fourth-order valence-corrected chi connectivity index (χ4v) is 2.88. The molecule has 1 aliphatic heterocycles. The molecule has 3 rings (SSSR count). The summed E-state index contributed by atoms with van der Waals surface area (Å²) in [6.45, 7) is 0.857. The summed E-state index contributed by atoms with van der Waals surface area (Å²) in [6.07, 6.45) is 2.50. The third kappa shape index (κ3) is 1.04. The molecule has 2 N–H and O–H groups in total. The molecular weight excluding hydrogens is 174 g/mol. The van der Waals surface area contributed by atoms with Crippen molar-refractivity contribution in [3.8, 4) is 0 Å². The maximum absolute atomic E-state index is 6.02. The van der Waals surface area contributed by atoms with Gasteiger partial charge in [0.2, 0.25) is 0 Å². The fourth-order valence-electron chi connectivity index (χ4n) is 2.88. The van der Waals surface area contributed by atoms with Gasteiger partial charge in [-0.1, -0.05) is 30.3 Å². The zero-order chi connectivity index (χ0) is 9.60. The zero-order valence-corrected chi connectivity index (χ0v) is 8.15. The molecule has 3 atom stereocenters. The van der Waals surface area contributed by atoms with E-state index in [9.17, 15) is 0 Å². The minimum atomic E-state index is 0.228. The van der Waals surface area contributed by atoms with Gasteiger partial charge >= 0.3 is 0 Å². The van der Waals surface area contributed by atoms with Crippen LogP contribution in [0, 0.1) is 0 Å². The summed E-state index contributed by atoms with van der Waals surface area (Å²) >= 11 is 0. The van der Waals surface area contributed by atoms with Crippen molar-refractivity contribution in [1.82, 2.24) is 0 Å². The lowest BCUT2D eigenvalue weighted by Crippen LogP contribution is -2.37. The van der Waals surface area contributed by atoms with Crippen molar-refractivity contribution >= 4 is 0 Å². The second kappa shape index (κ2) is 2.81. The minimum Gasteiger partial charge on any atom is -0.376 e. The van der Waals surface area contributed by atoms with E-state index >= 15 is 0 Å². The Morgan fingerprint density at radius 3 is 2.57 bits per heavy atom. The first-order chi connectivity index (χ1) is 6.80. The Balaban J connectivity index is 1.99. The highest BCUT2D eigenvalue weighted by atomic mass is 16.5. The lowest BCUT2D eigenvalue weighted by atomic mass is 9.80. The Bertz CT molecular complexity index is 333. The van der Waals surface area contributed by atoms with Crippen LogP contribution in [0.2, 0.25) is 0 Å². The molecule has 1 heterocycles. The molecule has 0 spiro atoms. The topological polar surface area (TPSA) is 35.2 Å². The molecular formula is C12H15NO. The van der Waals surface area contributed by atoms with Crippen LogP contribution in [0.5, 0.6) is 0 Å². The first-order valence-corrected chi connectivity index (χ1v) is 5.23. The van der Waals surface area contributed by atoms with Gasteiger partial charge in [0, 0.05) is 11.5 Å². The SMILES string of the molecule is N[C@@H]1C[C@@]2(c3ccccc3)CO[C@@H]1C2. The van der Waals surface area contributed by atoms with Gasteiger partial charge in [0.1, 0.15) is 0 Å². The van der Waals surface area contributed by atoms with E-state index in [1.165, 1.54) is 5.56 Å². The Labute approximate surface area is 84.1 Å². The molecule has 2 nitrogen and oxygen atoms in total. The van der Waals surface area contributed by atoms with Gasteiger partial charge in [-0.15, -0.1) is 0 Å². The molecule has 0 aromatic heterocycles. The summed E-state index contributed by atoms with van der Waals surface area (Å²) < 4.78 is 5.70. The van der Waals surface area contributed by atoms with E-state index in [1.807, 2.05) is 0 Å². The molecule has 2 heteroatoms. The number of hydrogen-bond donors (Lipinski definition) is 1. The van der Waals surface area contributed by atoms with Gasteiger partial charge in [-0.05, 0) is 18.4 Å². The average Bonchev–Trinajstić information content (AvgIpc) is 2.77. The molecule has 0 unspecified atom stereocenters. The number of nitrogens with two attached hydrogens (primary N) is 1. The molecule has 0 radical (unpaired) electrons. The van der Waals surface area contributed by atoms with Gasteiger partial charge in [0.15, 0.2) is 0 Å². The summed E-state index contributed by atoms with van der Waals surface area (Å²) in [7, 11) is 0. The number of ether oxygens (including phenoxy) is 1. The van der Waals surface area contributed by atoms with Crippen molar-refractivity contribution in [3.05, 3.63) is 35.9 Å². The van der Waals surface area contributed by atoms with Crippen LogP contribution in [0.25, 0.3) is 0 Å². The van der Waals surface area contributed by atoms with Gasteiger partial charge in [-0.25, -0.2) is 0 Å². The van der Waals surface area contributed by atoms with Crippen LogP contribution in [0.3, 0.4) is 0 Å². The maximum atomic E-state index is 6.02. The fraction of sp³-hybridized carbons (Fsp3) is 0.500. The molecule has 1 aromatic carbocycles. The van der Waals surface area contributed by atoms with E-state index in [0.717, 1.165) is 19.4 Å². The Morgan fingerprint density at radius 2 is 2.00 bits per heavy atom. The largest absolute Gasteiger partial charge is 0.376 e. The van der Waals surface area contributed by atoms with Gasteiger partial charge in [0.05, 0.1) is 12.7 Å². The van der Waals surface area contributed by atoms with Crippen molar-refractivity contribution < 1.29 is 4.74 Å². The number of fused-ring (bicyclic) bond motifs is 2. The van der Waals surface area contributed by atoms with Crippen molar-refractivity contribution in [2.45, 2.75) is 30.4 Å². The quantitative estimate of drug-likeness (QED) is 0.725. The second-order valence-electron chi connectivity index (χ2n) is 4.57. The van der Waals surface area contributed by atoms with Crippen LogP contribution in [0.15, 0.2) is 30.3 Å². The van der Waals surface area contributed by atoms with Crippen LogP contribution in [0.4, 0.5) is 0 Å². The van der Waals surface area contributed by atoms with Crippen molar-refractivity contribution in [1.29, 1.82) is 0 Å². The Morgan fingerprint density at radius 1 is 1.21 bits per heavy atom. The molecule has 1 aliphatic carbocycles.